The molecular formula is C17H21N2O+. The van der Waals surface area contributed by atoms with Crippen molar-refractivity contribution < 1.29 is 9.36 Å². The molecule has 0 saturated heterocycles. The summed E-state index contributed by atoms with van der Waals surface area (Å²) in [5.41, 5.74) is 3.32. The molecule has 0 aliphatic rings. The first-order valence-electron chi connectivity index (χ1n) is 7.02. The molecule has 104 valence electrons. The van der Waals surface area contributed by atoms with Gasteiger partial charge in [0, 0.05) is 17.8 Å². The SMILES string of the molecule is CCc1ccccc1NC(=O)CC[n+]1ccc(C)cc1. The van der Waals surface area contributed by atoms with Crippen LogP contribution >= 0.6 is 0 Å². The molecule has 2 aromatic rings. The van der Waals surface area contributed by atoms with E-state index < -0.39 is 0 Å². The van der Waals surface area contributed by atoms with E-state index in [0.29, 0.717) is 13.0 Å². The van der Waals surface area contributed by atoms with Gasteiger partial charge in [-0.25, -0.2) is 4.57 Å². The zero-order chi connectivity index (χ0) is 14.4. The highest BCUT2D eigenvalue weighted by molar-refractivity contribution is 5.91. The van der Waals surface area contributed by atoms with Crippen LogP contribution in [0.2, 0.25) is 0 Å². The summed E-state index contributed by atoms with van der Waals surface area (Å²) in [5.74, 6) is 0.0546. The second-order valence-electron chi connectivity index (χ2n) is 4.92. The first kappa shape index (κ1) is 14.3. The van der Waals surface area contributed by atoms with Gasteiger partial charge in [0.2, 0.25) is 5.91 Å². The second kappa shape index (κ2) is 6.85. The number of amides is 1. The highest BCUT2D eigenvalue weighted by Crippen LogP contribution is 2.15. The van der Waals surface area contributed by atoms with Crippen LogP contribution in [0.5, 0.6) is 0 Å². The maximum Gasteiger partial charge on any atom is 0.230 e. The Morgan fingerprint density at radius 2 is 1.85 bits per heavy atom. The minimum absolute atomic E-state index is 0.0546. The summed E-state index contributed by atoms with van der Waals surface area (Å²) < 4.78 is 2.03. The monoisotopic (exact) mass is 269 g/mol. The van der Waals surface area contributed by atoms with E-state index in [1.807, 2.05) is 53.4 Å². The Morgan fingerprint density at radius 3 is 2.55 bits per heavy atom. The van der Waals surface area contributed by atoms with Crippen molar-refractivity contribution in [2.75, 3.05) is 5.32 Å². The summed E-state index contributed by atoms with van der Waals surface area (Å²) in [6, 6.07) is 12.0. The van der Waals surface area contributed by atoms with E-state index in [9.17, 15) is 4.79 Å². The highest BCUT2D eigenvalue weighted by atomic mass is 16.1. The normalized spacial score (nSPS) is 10.3. The Morgan fingerprint density at radius 1 is 1.15 bits per heavy atom. The molecule has 0 atom stereocenters. The Bertz CT molecular complexity index is 576. The molecule has 20 heavy (non-hydrogen) atoms. The predicted octanol–water partition coefficient (Wildman–Crippen LogP) is 2.87. The number of hydrogen-bond acceptors (Lipinski definition) is 1. The molecule has 0 saturated carbocycles. The minimum atomic E-state index is 0.0546. The molecule has 0 bridgehead atoms. The van der Waals surface area contributed by atoms with Gasteiger partial charge in [-0.3, -0.25) is 4.79 Å². The number of aryl methyl sites for hydroxylation is 3. The molecule has 0 fully saturated rings. The van der Waals surface area contributed by atoms with Crippen molar-refractivity contribution in [2.45, 2.75) is 33.2 Å². The maximum absolute atomic E-state index is 12.0. The molecule has 0 aliphatic heterocycles. The lowest BCUT2D eigenvalue weighted by Gasteiger charge is -2.08. The van der Waals surface area contributed by atoms with Crippen molar-refractivity contribution in [3.63, 3.8) is 0 Å². The van der Waals surface area contributed by atoms with Gasteiger partial charge in [0.05, 0.1) is 6.42 Å². The van der Waals surface area contributed by atoms with E-state index >= 15 is 0 Å². The van der Waals surface area contributed by atoms with Crippen LogP contribution in [0.15, 0.2) is 48.8 Å². The van der Waals surface area contributed by atoms with Crippen LogP contribution in [-0.2, 0) is 17.8 Å². The van der Waals surface area contributed by atoms with E-state index in [-0.39, 0.29) is 5.91 Å². The molecule has 0 aliphatic carbocycles. The summed E-state index contributed by atoms with van der Waals surface area (Å²) in [5, 5.41) is 2.99. The summed E-state index contributed by atoms with van der Waals surface area (Å²) in [6.45, 7) is 4.84. The third-order valence-electron chi connectivity index (χ3n) is 3.33. The van der Waals surface area contributed by atoms with Gasteiger partial charge in [0.1, 0.15) is 0 Å². The Hall–Kier alpha value is -2.16. The summed E-state index contributed by atoms with van der Waals surface area (Å²) in [4.78, 5) is 12.0. The Labute approximate surface area is 120 Å². The number of nitrogens with zero attached hydrogens (tertiary/aromatic N) is 1. The number of nitrogens with one attached hydrogen (secondary N) is 1. The van der Waals surface area contributed by atoms with E-state index in [2.05, 4.69) is 19.2 Å². The van der Waals surface area contributed by atoms with Crippen molar-refractivity contribution >= 4 is 11.6 Å². The van der Waals surface area contributed by atoms with Crippen molar-refractivity contribution in [3.05, 3.63) is 59.9 Å². The number of hydrogen-bond donors (Lipinski definition) is 1. The van der Waals surface area contributed by atoms with Crippen molar-refractivity contribution in [2.24, 2.45) is 0 Å². The molecule has 1 N–H and O–H groups in total. The molecule has 0 spiro atoms. The standard InChI is InChI=1S/C17H20N2O/c1-3-15-6-4-5-7-16(15)18-17(20)10-13-19-11-8-14(2)9-12-19/h4-9,11-12H,3,10,13H2,1-2H3/p+1. The molecule has 1 aromatic carbocycles. The third kappa shape index (κ3) is 3.92. The zero-order valence-corrected chi connectivity index (χ0v) is 12.1. The Kier molecular flexibility index (Phi) is 4.88. The smallest absolute Gasteiger partial charge is 0.230 e. The Balaban J connectivity index is 1.91. The van der Waals surface area contributed by atoms with E-state index in [1.54, 1.807) is 0 Å². The van der Waals surface area contributed by atoms with Crippen LogP contribution in [0.25, 0.3) is 0 Å². The predicted molar refractivity (Wildman–Crippen MR) is 80.4 cm³/mol. The topological polar surface area (TPSA) is 33.0 Å². The number of rotatable bonds is 5. The van der Waals surface area contributed by atoms with E-state index in [4.69, 9.17) is 0 Å². The lowest BCUT2D eigenvalue weighted by molar-refractivity contribution is -0.695. The van der Waals surface area contributed by atoms with Gasteiger partial charge < -0.3 is 5.32 Å². The van der Waals surface area contributed by atoms with Gasteiger partial charge in [0.25, 0.3) is 0 Å². The number of pyridine rings is 1. The number of aromatic nitrogens is 1. The van der Waals surface area contributed by atoms with Gasteiger partial charge in [-0.05, 0) is 30.5 Å². The molecule has 0 radical (unpaired) electrons. The number of carbonyl (C=O) groups excluding carboxylic acids is 1. The first-order chi connectivity index (χ1) is 9.69. The molecule has 1 heterocycles. The summed E-state index contributed by atoms with van der Waals surface area (Å²) in [6.07, 6.45) is 5.40. The van der Waals surface area contributed by atoms with Gasteiger partial charge >= 0.3 is 0 Å². The van der Waals surface area contributed by atoms with Crippen molar-refractivity contribution in [3.8, 4) is 0 Å². The average molecular weight is 269 g/mol. The van der Waals surface area contributed by atoms with Crippen molar-refractivity contribution in [1.82, 2.24) is 0 Å². The van der Waals surface area contributed by atoms with Gasteiger partial charge in [-0.2, -0.15) is 0 Å². The fraction of sp³-hybridized carbons (Fsp3) is 0.294. The van der Waals surface area contributed by atoms with Crippen LogP contribution in [0.4, 0.5) is 5.69 Å². The summed E-state index contributed by atoms with van der Waals surface area (Å²) in [7, 11) is 0. The summed E-state index contributed by atoms with van der Waals surface area (Å²) >= 11 is 0. The van der Waals surface area contributed by atoms with E-state index in [1.165, 1.54) is 11.1 Å². The minimum Gasteiger partial charge on any atom is -0.326 e. The van der Waals surface area contributed by atoms with Gasteiger partial charge in [-0.1, -0.05) is 25.1 Å². The lowest BCUT2D eigenvalue weighted by Crippen LogP contribution is -2.34. The highest BCUT2D eigenvalue weighted by Gasteiger charge is 2.08. The fourth-order valence-electron chi connectivity index (χ4n) is 2.07. The maximum atomic E-state index is 12.0. The number of para-hydroxylation sites is 1. The number of benzene rings is 1. The molecule has 1 amide bonds. The molecule has 3 heteroatoms. The zero-order valence-electron chi connectivity index (χ0n) is 12.1. The van der Waals surface area contributed by atoms with Gasteiger partial charge in [-0.15, -0.1) is 0 Å². The van der Waals surface area contributed by atoms with Crippen LogP contribution in [0.1, 0.15) is 24.5 Å². The van der Waals surface area contributed by atoms with Crippen LogP contribution in [0.3, 0.4) is 0 Å². The quantitative estimate of drug-likeness (QED) is 0.832. The third-order valence-corrected chi connectivity index (χ3v) is 3.33. The number of carbonyl (C=O) groups is 1. The van der Waals surface area contributed by atoms with Crippen molar-refractivity contribution in [1.29, 1.82) is 0 Å². The first-order valence-corrected chi connectivity index (χ1v) is 7.02. The molecule has 3 nitrogen and oxygen atoms in total. The van der Waals surface area contributed by atoms with Crippen LogP contribution < -0.4 is 9.88 Å². The second-order valence-corrected chi connectivity index (χ2v) is 4.92. The van der Waals surface area contributed by atoms with E-state index in [0.717, 1.165) is 12.1 Å². The largest absolute Gasteiger partial charge is 0.326 e. The van der Waals surface area contributed by atoms with Gasteiger partial charge in [0.15, 0.2) is 18.9 Å². The molecule has 1 aromatic heterocycles. The van der Waals surface area contributed by atoms with Crippen LogP contribution in [-0.4, -0.2) is 5.91 Å². The molecule has 0 unspecified atom stereocenters. The van der Waals surface area contributed by atoms with Crippen LogP contribution in [0, 0.1) is 6.92 Å². The lowest BCUT2D eigenvalue weighted by atomic mass is 10.1. The fourth-order valence-corrected chi connectivity index (χ4v) is 2.07. The average Bonchev–Trinajstić information content (AvgIpc) is 2.47. The number of anilines is 1. The molecule has 2 rings (SSSR count). The molecular weight excluding hydrogens is 248 g/mol.